The van der Waals surface area contributed by atoms with E-state index in [1.807, 2.05) is 6.07 Å². The van der Waals surface area contributed by atoms with Gasteiger partial charge in [0.05, 0.1) is 22.3 Å². The quantitative estimate of drug-likeness (QED) is 0.722. The van der Waals surface area contributed by atoms with Gasteiger partial charge in [0, 0.05) is 18.0 Å². The summed E-state index contributed by atoms with van der Waals surface area (Å²) in [6.07, 6.45) is 5.18. The highest BCUT2D eigenvalue weighted by Crippen LogP contribution is 2.27. The van der Waals surface area contributed by atoms with Crippen LogP contribution in [0.5, 0.6) is 0 Å². The van der Waals surface area contributed by atoms with Gasteiger partial charge in [-0.05, 0) is 6.07 Å². The van der Waals surface area contributed by atoms with Gasteiger partial charge in [-0.3, -0.25) is 9.97 Å². The molecular formula is C8H7N3S. The number of nitrogens with zero attached hydrogens (tertiary/aromatic N) is 2. The van der Waals surface area contributed by atoms with Crippen LogP contribution in [0.4, 0.5) is 5.69 Å². The molecule has 0 aliphatic heterocycles. The fourth-order valence-electron chi connectivity index (χ4n) is 0.980. The summed E-state index contributed by atoms with van der Waals surface area (Å²) in [6.45, 7) is 0. The Hall–Kier alpha value is -1.42. The molecule has 0 saturated carbocycles. The summed E-state index contributed by atoms with van der Waals surface area (Å²) < 4.78 is 0. The number of rotatable bonds is 1. The molecule has 0 atom stereocenters. The molecule has 60 valence electrons. The normalized spacial score (nSPS) is 10.0. The first-order valence-electron chi connectivity index (χ1n) is 3.46. The van der Waals surface area contributed by atoms with E-state index in [0.29, 0.717) is 5.69 Å². The summed E-state index contributed by atoms with van der Waals surface area (Å²) in [4.78, 5) is 8.97. The third-order valence-corrected chi connectivity index (χ3v) is 2.36. The summed E-state index contributed by atoms with van der Waals surface area (Å²) in [5.74, 6) is 0. The average Bonchev–Trinajstić information content (AvgIpc) is 2.57. The van der Waals surface area contributed by atoms with Gasteiger partial charge in [-0.2, -0.15) is 0 Å². The minimum atomic E-state index is 0.696. The zero-order valence-electron chi connectivity index (χ0n) is 6.27. The molecule has 0 aliphatic rings. The number of aromatic nitrogens is 2. The van der Waals surface area contributed by atoms with Crippen LogP contribution in [0.1, 0.15) is 0 Å². The van der Waals surface area contributed by atoms with Gasteiger partial charge in [0.1, 0.15) is 0 Å². The molecule has 2 N–H and O–H groups in total. The Morgan fingerprint density at radius 3 is 2.83 bits per heavy atom. The van der Waals surface area contributed by atoms with Crippen LogP contribution in [-0.4, -0.2) is 9.97 Å². The average molecular weight is 177 g/mol. The maximum atomic E-state index is 5.73. The molecule has 0 saturated heterocycles. The van der Waals surface area contributed by atoms with Crippen molar-refractivity contribution in [3.63, 3.8) is 0 Å². The topological polar surface area (TPSA) is 51.8 Å². The molecular weight excluding hydrogens is 170 g/mol. The van der Waals surface area contributed by atoms with Crippen molar-refractivity contribution >= 4 is 17.0 Å². The van der Waals surface area contributed by atoms with Crippen LogP contribution in [-0.2, 0) is 0 Å². The number of pyridine rings is 1. The second kappa shape index (κ2) is 2.91. The maximum Gasteiger partial charge on any atom is 0.0797 e. The van der Waals surface area contributed by atoms with Crippen molar-refractivity contribution in [1.82, 2.24) is 9.97 Å². The Labute approximate surface area is 73.9 Å². The van der Waals surface area contributed by atoms with E-state index in [9.17, 15) is 0 Å². The molecule has 0 fully saturated rings. The molecule has 0 radical (unpaired) electrons. The Balaban J connectivity index is 2.55. The van der Waals surface area contributed by atoms with Crippen LogP contribution >= 0.6 is 11.3 Å². The summed E-state index contributed by atoms with van der Waals surface area (Å²) in [5.41, 5.74) is 9.22. The van der Waals surface area contributed by atoms with Gasteiger partial charge in [-0.1, -0.05) is 0 Å². The lowest BCUT2D eigenvalue weighted by molar-refractivity contribution is 1.33. The number of hydrogen-bond acceptors (Lipinski definition) is 4. The Bertz CT molecular complexity index is 370. The lowest BCUT2D eigenvalue weighted by Gasteiger charge is -1.99. The number of nitrogens with two attached hydrogens (primary N) is 1. The summed E-state index contributed by atoms with van der Waals surface area (Å²) in [7, 11) is 0. The van der Waals surface area contributed by atoms with E-state index in [1.54, 1.807) is 35.4 Å². The molecule has 0 amide bonds. The fourth-order valence-corrected chi connectivity index (χ4v) is 1.65. The van der Waals surface area contributed by atoms with E-state index in [1.165, 1.54) is 0 Å². The predicted molar refractivity (Wildman–Crippen MR) is 49.8 cm³/mol. The summed E-state index contributed by atoms with van der Waals surface area (Å²) in [5, 5.41) is 0. The van der Waals surface area contributed by atoms with Crippen molar-refractivity contribution in [1.29, 1.82) is 0 Å². The summed E-state index contributed by atoms with van der Waals surface area (Å²) >= 11 is 1.57. The fraction of sp³-hybridized carbons (Fsp3) is 0. The Morgan fingerprint density at radius 1 is 1.25 bits per heavy atom. The first kappa shape index (κ1) is 7.24. The molecule has 0 aromatic carbocycles. The van der Waals surface area contributed by atoms with Crippen LogP contribution in [0, 0.1) is 0 Å². The van der Waals surface area contributed by atoms with Crippen LogP contribution < -0.4 is 5.73 Å². The zero-order valence-corrected chi connectivity index (χ0v) is 7.08. The first-order chi connectivity index (χ1) is 5.88. The number of hydrogen-bond donors (Lipinski definition) is 1. The van der Waals surface area contributed by atoms with Crippen LogP contribution in [0.2, 0.25) is 0 Å². The monoisotopic (exact) mass is 177 g/mol. The van der Waals surface area contributed by atoms with Crippen molar-refractivity contribution in [2.45, 2.75) is 0 Å². The van der Waals surface area contributed by atoms with E-state index < -0.39 is 0 Å². The lowest BCUT2D eigenvalue weighted by atomic mass is 10.2. The summed E-state index contributed by atoms with van der Waals surface area (Å²) in [6, 6.07) is 1.89. The van der Waals surface area contributed by atoms with Crippen molar-refractivity contribution in [2.75, 3.05) is 5.73 Å². The Kier molecular flexibility index (Phi) is 1.75. The van der Waals surface area contributed by atoms with E-state index in [2.05, 4.69) is 9.97 Å². The smallest absolute Gasteiger partial charge is 0.0797 e. The van der Waals surface area contributed by atoms with Crippen molar-refractivity contribution in [3.05, 3.63) is 30.2 Å². The number of anilines is 1. The number of nitrogen functional groups attached to an aromatic ring is 1. The largest absolute Gasteiger partial charge is 0.397 e. The van der Waals surface area contributed by atoms with Gasteiger partial charge in [0.25, 0.3) is 0 Å². The molecule has 3 nitrogen and oxygen atoms in total. The minimum absolute atomic E-state index is 0.696. The van der Waals surface area contributed by atoms with Gasteiger partial charge in [0.2, 0.25) is 0 Å². The molecule has 0 aliphatic carbocycles. The van der Waals surface area contributed by atoms with Gasteiger partial charge in [-0.25, -0.2) is 0 Å². The van der Waals surface area contributed by atoms with Crippen molar-refractivity contribution in [2.24, 2.45) is 0 Å². The van der Waals surface area contributed by atoms with Gasteiger partial charge in [-0.15, -0.1) is 11.3 Å². The molecule has 4 heteroatoms. The third-order valence-electron chi connectivity index (χ3n) is 1.55. The van der Waals surface area contributed by atoms with Crippen LogP contribution in [0.15, 0.2) is 30.2 Å². The molecule has 0 spiro atoms. The van der Waals surface area contributed by atoms with E-state index in [0.717, 1.165) is 10.4 Å². The third kappa shape index (κ3) is 1.16. The molecule has 2 rings (SSSR count). The van der Waals surface area contributed by atoms with Gasteiger partial charge in [0.15, 0.2) is 0 Å². The molecule has 12 heavy (non-hydrogen) atoms. The van der Waals surface area contributed by atoms with Crippen molar-refractivity contribution in [3.8, 4) is 10.4 Å². The van der Waals surface area contributed by atoms with Gasteiger partial charge >= 0.3 is 0 Å². The van der Waals surface area contributed by atoms with Crippen molar-refractivity contribution < 1.29 is 0 Å². The van der Waals surface area contributed by atoms with Crippen LogP contribution in [0.3, 0.4) is 0 Å². The van der Waals surface area contributed by atoms with Crippen LogP contribution in [0.25, 0.3) is 10.4 Å². The lowest BCUT2D eigenvalue weighted by Crippen LogP contribution is -1.88. The minimum Gasteiger partial charge on any atom is -0.397 e. The molecule has 2 heterocycles. The molecule has 0 unspecified atom stereocenters. The van der Waals surface area contributed by atoms with E-state index in [-0.39, 0.29) is 0 Å². The first-order valence-corrected chi connectivity index (χ1v) is 4.34. The molecule has 0 bridgehead atoms. The highest BCUT2D eigenvalue weighted by molar-refractivity contribution is 7.13. The highest BCUT2D eigenvalue weighted by atomic mass is 32.1. The Morgan fingerprint density at radius 2 is 2.17 bits per heavy atom. The predicted octanol–water partition coefficient (Wildman–Crippen LogP) is 1.79. The second-order valence-electron chi connectivity index (χ2n) is 2.33. The molecule has 2 aromatic heterocycles. The SMILES string of the molecule is Nc1cnccc1-c1cncs1. The standard InChI is InChI=1S/C8H7N3S/c9-7-3-10-2-1-6(7)8-4-11-5-12-8/h1-5H,9H2. The second-order valence-corrected chi connectivity index (χ2v) is 3.21. The van der Waals surface area contributed by atoms with E-state index >= 15 is 0 Å². The highest BCUT2D eigenvalue weighted by Gasteiger charge is 2.01. The van der Waals surface area contributed by atoms with Gasteiger partial charge < -0.3 is 5.73 Å². The maximum absolute atomic E-state index is 5.73. The zero-order chi connectivity index (χ0) is 8.39. The van der Waals surface area contributed by atoms with E-state index in [4.69, 9.17) is 5.73 Å². The number of thiazole rings is 1. The molecule has 2 aromatic rings.